The lowest BCUT2D eigenvalue weighted by Crippen LogP contribution is -2.43. The summed E-state index contributed by atoms with van der Waals surface area (Å²) in [5.74, 6) is -0.345. The van der Waals surface area contributed by atoms with Crippen LogP contribution in [0.3, 0.4) is 0 Å². The second-order valence-electron chi connectivity index (χ2n) is 9.77. The van der Waals surface area contributed by atoms with E-state index in [1.54, 1.807) is 6.20 Å². The zero-order valence-corrected chi connectivity index (χ0v) is 21.8. The number of pyridine rings is 1. The molecule has 1 N–H and O–H groups in total. The third-order valence-corrected chi connectivity index (χ3v) is 7.03. The van der Waals surface area contributed by atoms with Crippen molar-refractivity contribution in [1.82, 2.24) is 9.88 Å². The molecule has 0 saturated heterocycles. The summed E-state index contributed by atoms with van der Waals surface area (Å²) in [6.07, 6.45) is 3.32. The summed E-state index contributed by atoms with van der Waals surface area (Å²) in [5, 5.41) is 8.51. The molecule has 2 aliphatic rings. The molecule has 0 saturated carbocycles. The molecule has 1 aromatic heterocycles. The summed E-state index contributed by atoms with van der Waals surface area (Å²) < 4.78 is 43.5. The maximum absolute atomic E-state index is 13.6. The maximum atomic E-state index is 13.6. The fourth-order valence-electron chi connectivity index (χ4n) is 5.32. The number of hydrogen-bond donors (Lipinski definition) is 1. The van der Waals surface area contributed by atoms with Gasteiger partial charge in [-0.2, -0.15) is 0 Å². The fourth-order valence-corrected chi connectivity index (χ4v) is 5.32. The number of ether oxygens (including phenoxy) is 3. The van der Waals surface area contributed by atoms with E-state index in [2.05, 4.69) is 17.1 Å². The molecule has 9 heteroatoms. The van der Waals surface area contributed by atoms with Gasteiger partial charge in [0.15, 0.2) is 0 Å². The Bertz CT molecular complexity index is 1090. The maximum Gasteiger partial charge on any atom is 0.329 e. The number of benzene rings is 1. The molecule has 2 aromatic rings. The first-order valence-corrected chi connectivity index (χ1v) is 13.2. The van der Waals surface area contributed by atoms with Crippen molar-refractivity contribution >= 4 is 11.5 Å². The number of halogens is 2. The molecule has 0 radical (unpaired) electrons. The number of alkyl halides is 2. The molecule has 0 bridgehead atoms. The van der Waals surface area contributed by atoms with Crippen molar-refractivity contribution in [3.05, 3.63) is 65.0 Å². The van der Waals surface area contributed by atoms with Gasteiger partial charge in [0, 0.05) is 19.3 Å². The van der Waals surface area contributed by atoms with Crippen molar-refractivity contribution in [1.29, 1.82) is 0 Å². The average Bonchev–Trinajstić information content (AvgIpc) is 3.25. The van der Waals surface area contributed by atoms with Gasteiger partial charge >= 0.3 is 5.97 Å². The van der Waals surface area contributed by atoms with Gasteiger partial charge < -0.3 is 19.3 Å². The molecule has 4 rings (SSSR count). The van der Waals surface area contributed by atoms with Gasteiger partial charge in [0.25, 0.3) is 6.43 Å². The van der Waals surface area contributed by atoms with E-state index < -0.39 is 12.4 Å². The molecule has 0 unspecified atom stereocenters. The number of aliphatic carboxylic acids is 1. The van der Waals surface area contributed by atoms with Crippen molar-refractivity contribution in [2.75, 3.05) is 39.6 Å². The van der Waals surface area contributed by atoms with E-state index in [9.17, 15) is 13.6 Å². The Balaban J connectivity index is 1.28. The molecule has 7 nitrogen and oxygen atoms in total. The van der Waals surface area contributed by atoms with Crippen molar-refractivity contribution in [3.63, 3.8) is 0 Å². The quantitative estimate of drug-likeness (QED) is 0.319. The molecule has 1 aliphatic heterocycles. The Labute approximate surface area is 222 Å². The molecule has 1 aliphatic carbocycles. The SMILES string of the molecule is C[C@@H]1CC2=C(Cc3ccccc32)[C@@H](c2ccc(OCCOCCCCCOCC(=O)O)cn2)N1CC(F)F. The van der Waals surface area contributed by atoms with Crippen LogP contribution < -0.4 is 4.74 Å². The molecule has 2 atom stereocenters. The molecule has 0 fully saturated rings. The smallest absolute Gasteiger partial charge is 0.329 e. The summed E-state index contributed by atoms with van der Waals surface area (Å²) in [7, 11) is 0. The molecule has 206 valence electrons. The summed E-state index contributed by atoms with van der Waals surface area (Å²) in [4.78, 5) is 16.9. The Morgan fingerprint density at radius 3 is 2.61 bits per heavy atom. The third-order valence-electron chi connectivity index (χ3n) is 7.03. The van der Waals surface area contributed by atoms with E-state index in [1.807, 2.05) is 36.1 Å². The standard InChI is InChI=1S/C29H36F2N2O5/c1-20-15-24-23-8-4-3-7-21(23)16-25(24)29(33(20)18-27(30)31)26-10-9-22(17-32-26)38-14-13-36-11-5-2-6-12-37-19-28(34)35/h3-4,7-10,17,20,27,29H,2,5-6,11-16,18-19H2,1H3,(H,34,35)/t20-,29+/m1/s1. The highest BCUT2D eigenvalue weighted by Gasteiger charge is 2.40. The normalized spacial score (nSPS) is 19.1. The minimum absolute atomic E-state index is 0.0222. The highest BCUT2D eigenvalue weighted by molar-refractivity contribution is 5.78. The Morgan fingerprint density at radius 1 is 1.08 bits per heavy atom. The number of unbranched alkanes of at least 4 members (excludes halogenated alkanes) is 2. The largest absolute Gasteiger partial charge is 0.490 e. The second-order valence-corrected chi connectivity index (χ2v) is 9.77. The van der Waals surface area contributed by atoms with Crippen LogP contribution in [0.15, 0.2) is 48.2 Å². The van der Waals surface area contributed by atoms with Gasteiger partial charge in [-0.3, -0.25) is 9.88 Å². The van der Waals surface area contributed by atoms with Crippen LogP contribution in [0.4, 0.5) is 8.78 Å². The monoisotopic (exact) mass is 530 g/mol. The number of carboxylic acid groups (broad SMARTS) is 1. The molecular weight excluding hydrogens is 494 g/mol. The van der Waals surface area contributed by atoms with E-state index in [4.69, 9.17) is 19.3 Å². The van der Waals surface area contributed by atoms with Crippen LogP contribution in [-0.2, 0) is 20.7 Å². The van der Waals surface area contributed by atoms with Gasteiger partial charge in [-0.15, -0.1) is 0 Å². The van der Waals surface area contributed by atoms with Crippen LogP contribution in [0.5, 0.6) is 5.75 Å². The van der Waals surface area contributed by atoms with Gasteiger partial charge in [-0.05, 0) is 73.4 Å². The number of aromatic nitrogens is 1. The zero-order chi connectivity index (χ0) is 26.9. The Morgan fingerprint density at radius 2 is 1.87 bits per heavy atom. The summed E-state index contributed by atoms with van der Waals surface area (Å²) in [6, 6.07) is 11.7. The predicted octanol–water partition coefficient (Wildman–Crippen LogP) is 5.16. The molecule has 2 heterocycles. The Hall–Kier alpha value is -2.88. The van der Waals surface area contributed by atoms with Crippen LogP contribution in [-0.4, -0.2) is 73.0 Å². The fraction of sp³-hybridized carbons (Fsp3) is 0.517. The lowest BCUT2D eigenvalue weighted by Gasteiger charge is -2.41. The van der Waals surface area contributed by atoms with Gasteiger partial charge in [-0.25, -0.2) is 13.6 Å². The predicted molar refractivity (Wildman–Crippen MR) is 139 cm³/mol. The minimum atomic E-state index is -2.42. The topological polar surface area (TPSA) is 81.1 Å². The number of fused-ring (bicyclic) bond motifs is 2. The molecule has 1 aromatic carbocycles. The van der Waals surface area contributed by atoms with Crippen LogP contribution >= 0.6 is 0 Å². The lowest BCUT2D eigenvalue weighted by molar-refractivity contribution is -0.142. The average molecular weight is 531 g/mol. The highest BCUT2D eigenvalue weighted by atomic mass is 19.3. The zero-order valence-electron chi connectivity index (χ0n) is 21.8. The summed E-state index contributed by atoms with van der Waals surface area (Å²) in [5.41, 5.74) is 5.69. The van der Waals surface area contributed by atoms with Gasteiger partial charge in [0.05, 0.1) is 31.1 Å². The van der Waals surface area contributed by atoms with E-state index in [0.717, 1.165) is 37.8 Å². The van der Waals surface area contributed by atoms with E-state index >= 15 is 0 Å². The van der Waals surface area contributed by atoms with E-state index in [1.165, 1.54) is 22.3 Å². The van der Waals surface area contributed by atoms with Crippen LogP contribution in [0.2, 0.25) is 0 Å². The van der Waals surface area contributed by atoms with Crippen molar-refractivity contribution in [2.45, 2.75) is 57.5 Å². The van der Waals surface area contributed by atoms with Gasteiger partial charge in [-0.1, -0.05) is 24.3 Å². The van der Waals surface area contributed by atoms with Gasteiger partial charge in [0.1, 0.15) is 19.0 Å². The lowest BCUT2D eigenvalue weighted by atomic mass is 9.87. The first-order valence-electron chi connectivity index (χ1n) is 13.2. The van der Waals surface area contributed by atoms with Crippen LogP contribution in [0.25, 0.3) is 5.57 Å². The minimum Gasteiger partial charge on any atom is -0.490 e. The van der Waals surface area contributed by atoms with E-state index in [0.29, 0.717) is 32.2 Å². The first-order chi connectivity index (χ1) is 18.4. The van der Waals surface area contributed by atoms with Crippen LogP contribution in [0, 0.1) is 0 Å². The third kappa shape index (κ3) is 7.36. The summed E-state index contributed by atoms with van der Waals surface area (Å²) in [6.45, 7) is 3.32. The molecule has 0 amide bonds. The van der Waals surface area contributed by atoms with E-state index in [-0.39, 0.29) is 25.2 Å². The number of rotatable bonds is 15. The molecule has 38 heavy (non-hydrogen) atoms. The van der Waals surface area contributed by atoms with Crippen molar-refractivity contribution in [2.24, 2.45) is 0 Å². The van der Waals surface area contributed by atoms with Gasteiger partial charge in [0.2, 0.25) is 0 Å². The highest BCUT2D eigenvalue weighted by Crippen LogP contribution is 2.48. The number of hydrogen-bond acceptors (Lipinski definition) is 6. The number of nitrogens with zero attached hydrogens (tertiary/aromatic N) is 2. The van der Waals surface area contributed by atoms with Crippen molar-refractivity contribution in [3.8, 4) is 5.75 Å². The summed E-state index contributed by atoms with van der Waals surface area (Å²) >= 11 is 0. The number of carboxylic acids is 1. The van der Waals surface area contributed by atoms with Crippen molar-refractivity contribution < 1.29 is 32.9 Å². The number of carbonyl (C=O) groups is 1. The molecular formula is C29H36F2N2O5. The second kappa shape index (κ2) is 13.8. The first kappa shape index (κ1) is 28.1. The Kier molecular flexibility index (Phi) is 10.2. The van der Waals surface area contributed by atoms with Crippen LogP contribution in [0.1, 0.15) is 55.5 Å². The molecule has 0 spiro atoms.